The number of ether oxygens (including phenoxy) is 1. The van der Waals surface area contributed by atoms with Crippen molar-refractivity contribution in [1.82, 2.24) is 5.32 Å². The van der Waals surface area contributed by atoms with Crippen molar-refractivity contribution in [3.05, 3.63) is 70.8 Å². The summed E-state index contributed by atoms with van der Waals surface area (Å²) in [6.45, 7) is 6.17. The van der Waals surface area contributed by atoms with Gasteiger partial charge in [0.05, 0.1) is 13.2 Å². The van der Waals surface area contributed by atoms with Crippen LogP contribution in [0.1, 0.15) is 36.8 Å². The molecule has 1 spiro atoms. The van der Waals surface area contributed by atoms with E-state index in [1.165, 1.54) is 0 Å². The van der Waals surface area contributed by atoms with Gasteiger partial charge in [-0.15, -0.1) is 0 Å². The van der Waals surface area contributed by atoms with Gasteiger partial charge in [0.2, 0.25) is 11.8 Å². The molecule has 0 aromatic heterocycles. The highest BCUT2D eigenvalue weighted by Gasteiger charge is 2.61. The largest absolute Gasteiger partial charge is 0.497 e. The Balaban J connectivity index is 1.99. The number of hydrogen-bond donors (Lipinski definition) is 2. The smallest absolute Gasteiger partial charge is 0.238 e. The summed E-state index contributed by atoms with van der Waals surface area (Å²) in [4.78, 5) is 26.3. The van der Waals surface area contributed by atoms with E-state index in [1.807, 2.05) is 37.3 Å². The summed E-state index contributed by atoms with van der Waals surface area (Å²) in [5.74, 6) is 0.0618. The molecule has 2 aromatic rings. The van der Waals surface area contributed by atoms with Gasteiger partial charge in [0, 0.05) is 23.0 Å². The molecule has 3 atom stereocenters. The fourth-order valence-electron chi connectivity index (χ4n) is 4.71. The lowest BCUT2D eigenvalue weighted by Gasteiger charge is -2.47. The predicted octanol–water partition coefficient (Wildman–Crippen LogP) is 4.18. The average molecular weight is 411 g/mol. The number of halogens is 1. The van der Waals surface area contributed by atoms with Gasteiger partial charge in [-0.3, -0.25) is 9.59 Å². The molecule has 2 heterocycles. The average Bonchev–Trinajstić information content (AvgIpc) is 3.00. The van der Waals surface area contributed by atoms with Crippen molar-refractivity contribution in [2.45, 2.75) is 37.1 Å². The lowest BCUT2D eigenvalue weighted by molar-refractivity contribution is -0.130. The van der Waals surface area contributed by atoms with E-state index in [9.17, 15) is 9.59 Å². The molecule has 4 rings (SSSR count). The molecule has 5 nitrogen and oxygen atoms in total. The number of anilines is 1. The molecule has 2 aliphatic heterocycles. The molecule has 2 aliphatic rings. The number of nitrogens with one attached hydrogen (secondary N) is 2. The molecule has 2 aromatic carbocycles. The van der Waals surface area contributed by atoms with Gasteiger partial charge in [-0.2, -0.15) is 0 Å². The molecule has 0 saturated carbocycles. The molecule has 2 N–H and O–H groups in total. The number of methoxy groups -OCH3 is 1. The van der Waals surface area contributed by atoms with E-state index in [0.29, 0.717) is 22.9 Å². The van der Waals surface area contributed by atoms with Gasteiger partial charge in [0.15, 0.2) is 0 Å². The highest BCUT2D eigenvalue weighted by Crippen LogP contribution is 2.54. The number of carbonyl (C=O) groups is 2. The van der Waals surface area contributed by atoms with E-state index in [-0.39, 0.29) is 24.2 Å². The number of piperidine rings is 1. The minimum atomic E-state index is -1.01. The molecule has 29 heavy (non-hydrogen) atoms. The first-order chi connectivity index (χ1) is 13.9. The van der Waals surface area contributed by atoms with E-state index >= 15 is 0 Å². The summed E-state index contributed by atoms with van der Waals surface area (Å²) >= 11 is 6.19. The number of rotatable bonds is 4. The summed E-state index contributed by atoms with van der Waals surface area (Å²) in [6.07, 6.45) is 0.837. The van der Waals surface area contributed by atoms with Gasteiger partial charge in [-0.05, 0) is 41.8 Å². The molecule has 0 unspecified atom stereocenters. The Hall–Kier alpha value is -2.79. The van der Waals surface area contributed by atoms with Crippen LogP contribution >= 0.6 is 11.6 Å². The first-order valence-electron chi connectivity index (χ1n) is 9.64. The summed E-state index contributed by atoms with van der Waals surface area (Å²) in [5, 5.41) is 6.60. The number of fused-ring (bicyclic) bond motifs is 2. The molecular formula is C23H23ClN2O3. The Morgan fingerprint density at radius 2 is 2.07 bits per heavy atom. The maximum atomic E-state index is 13.6. The number of benzene rings is 2. The molecule has 0 aliphatic carbocycles. The third kappa shape index (κ3) is 2.92. The maximum absolute atomic E-state index is 13.6. The van der Waals surface area contributed by atoms with E-state index in [0.717, 1.165) is 16.7 Å². The lowest BCUT2D eigenvalue weighted by atomic mass is 9.59. The van der Waals surface area contributed by atoms with Crippen molar-refractivity contribution in [3.63, 3.8) is 0 Å². The molecule has 0 radical (unpaired) electrons. The highest BCUT2D eigenvalue weighted by atomic mass is 35.5. The van der Waals surface area contributed by atoms with E-state index in [2.05, 4.69) is 17.2 Å². The quantitative estimate of drug-likeness (QED) is 0.743. The summed E-state index contributed by atoms with van der Waals surface area (Å²) < 4.78 is 5.39. The SMILES string of the molecule is C=C(CC)[C@H]1NC(=O)C[C@@H](c2cccc(OC)c2)[C@]12C(=O)Nc1cc(Cl)ccc12. The predicted molar refractivity (Wildman–Crippen MR) is 113 cm³/mol. The Morgan fingerprint density at radius 1 is 1.28 bits per heavy atom. The van der Waals surface area contributed by atoms with Crippen LogP contribution in [0.4, 0.5) is 5.69 Å². The molecule has 150 valence electrons. The first-order valence-corrected chi connectivity index (χ1v) is 10.0. The van der Waals surface area contributed by atoms with Gasteiger partial charge in [-0.25, -0.2) is 0 Å². The van der Waals surface area contributed by atoms with Crippen LogP contribution < -0.4 is 15.4 Å². The van der Waals surface area contributed by atoms with Gasteiger partial charge in [0.25, 0.3) is 0 Å². The van der Waals surface area contributed by atoms with Gasteiger partial charge in [-0.1, -0.05) is 48.9 Å². The Bertz CT molecular complexity index is 1020. The minimum absolute atomic E-state index is 0.0988. The molecule has 6 heteroatoms. The monoisotopic (exact) mass is 410 g/mol. The van der Waals surface area contributed by atoms with Crippen LogP contribution in [0.3, 0.4) is 0 Å². The minimum Gasteiger partial charge on any atom is -0.497 e. The maximum Gasteiger partial charge on any atom is 0.238 e. The van der Waals surface area contributed by atoms with Crippen LogP contribution in [0.5, 0.6) is 5.75 Å². The third-order valence-corrected chi connectivity index (χ3v) is 6.34. The van der Waals surface area contributed by atoms with Crippen LogP contribution in [0.15, 0.2) is 54.6 Å². The zero-order valence-corrected chi connectivity index (χ0v) is 17.2. The number of carbonyl (C=O) groups excluding carboxylic acids is 2. The van der Waals surface area contributed by atoms with Crippen LogP contribution in [0.25, 0.3) is 0 Å². The third-order valence-electron chi connectivity index (χ3n) is 6.11. The zero-order valence-electron chi connectivity index (χ0n) is 16.4. The summed E-state index contributed by atoms with van der Waals surface area (Å²) in [6, 6.07) is 12.5. The standard InChI is InChI=1S/C23H23ClN2O3/c1-4-13(2)21-23(17-9-8-15(24)11-19(17)25-22(23)28)18(12-20(27)26-21)14-6-5-7-16(10-14)29-3/h5-11,18,21H,2,4,12H2,1,3H3,(H,25,28)(H,26,27)/t18-,21+,23-/m0/s1. The van der Waals surface area contributed by atoms with Crippen molar-refractivity contribution in [3.8, 4) is 5.75 Å². The van der Waals surface area contributed by atoms with Gasteiger partial charge < -0.3 is 15.4 Å². The van der Waals surface area contributed by atoms with Crippen LogP contribution in [0, 0.1) is 0 Å². The van der Waals surface area contributed by atoms with Crippen molar-refractivity contribution in [2.75, 3.05) is 12.4 Å². The van der Waals surface area contributed by atoms with E-state index in [4.69, 9.17) is 16.3 Å². The second-order valence-electron chi connectivity index (χ2n) is 7.56. The zero-order chi connectivity index (χ0) is 20.8. The van der Waals surface area contributed by atoms with E-state index in [1.54, 1.807) is 19.2 Å². The Morgan fingerprint density at radius 3 is 2.79 bits per heavy atom. The summed E-state index contributed by atoms with van der Waals surface area (Å²) in [5.41, 5.74) is 2.20. The highest BCUT2D eigenvalue weighted by molar-refractivity contribution is 6.31. The first kappa shape index (κ1) is 19.5. The molecule has 1 fully saturated rings. The number of hydrogen-bond acceptors (Lipinski definition) is 3. The van der Waals surface area contributed by atoms with Crippen molar-refractivity contribution >= 4 is 29.1 Å². The fourth-order valence-corrected chi connectivity index (χ4v) is 4.88. The van der Waals surface area contributed by atoms with Gasteiger partial charge in [0.1, 0.15) is 11.2 Å². The second kappa shape index (κ2) is 7.23. The number of amides is 2. The Kier molecular flexibility index (Phi) is 4.87. The van der Waals surface area contributed by atoms with Crippen LogP contribution in [-0.4, -0.2) is 25.0 Å². The molecule has 0 bridgehead atoms. The molecule has 2 amide bonds. The second-order valence-corrected chi connectivity index (χ2v) is 8.00. The lowest BCUT2D eigenvalue weighted by Crippen LogP contribution is -2.62. The Labute approximate surface area is 175 Å². The van der Waals surface area contributed by atoms with E-state index < -0.39 is 11.5 Å². The van der Waals surface area contributed by atoms with Crippen molar-refractivity contribution in [1.29, 1.82) is 0 Å². The topological polar surface area (TPSA) is 67.4 Å². The van der Waals surface area contributed by atoms with Crippen LogP contribution in [0.2, 0.25) is 5.02 Å². The van der Waals surface area contributed by atoms with Gasteiger partial charge >= 0.3 is 0 Å². The van der Waals surface area contributed by atoms with Crippen molar-refractivity contribution in [2.24, 2.45) is 0 Å². The van der Waals surface area contributed by atoms with Crippen molar-refractivity contribution < 1.29 is 14.3 Å². The molecular weight excluding hydrogens is 388 g/mol. The summed E-state index contributed by atoms with van der Waals surface area (Å²) in [7, 11) is 1.60. The normalized spacial score (nSPS) is 25.3. The van der Waals surface area contributed by atoms with Crippen LogP contribution in [-0.2, 0) is 15.0 Å². The molecule has 1 saturated heterocycles. The fraction of sp³-hybridized carbons (Fsp3) is 0.304.